The number of carboxylic acid groups (broad SMARTS) is 1. The number of carbonyl (C=O) groups is 3. The second-order valence-electron chi connectivity index (χ2n) is 5.10. The van der Waals surface area contributed by atoms with Gasteiger partial charge in [0, 0.05) is 6.92 Å². The fourth-order valence-electron chi connectivity index (χ4n) is 2.12. The Bertz CT molecular complexity index is 443. The van der Waals surface area contributed by atoms with Gasteiger partial charge in [-0.25, -0.2) is 4.79 Å². The van der Waals surface area contributed by atoms with Crippen LogP contribution in [-0.2, 0) is 19.1 Å². The van der Waals surface area contributed by atoms with E-state index < -0.39 is 60.9 Å². The van der Waals surface area contributed by atoms with Gasteiger partial charge in [0.05, 0.1) is 18.6 Å². The fourth-order valence-corrected chi connectivity index (χ4v) is 2.12. The van der Waals surface area contributed by atoms with Crippen LogP contribution in [0.25, 0.3) is 0 Å². The zero-order valence-corrected chi connectivity index (χ0v) is 12.1. The Morgan fingerprint density at radius 2 is 1.77 bits per heavy atom. The normalized spacial score (nSPS) is 32.9. The Kier molecular flexibility index (Phi) is 6.23. The number of aliphatic carboxylic acids is 1. The minimum Gasteiger partial charge on any atom is -0.480 e. The van der Waals surface area contributed by atoms with E-state index in [4.69, 9.17) is 9.84 Å². The summed E-state index contributed by atoms with van der Waals surface area (Å²) >= 11 is 0. The molecule has 0 aromatic rings. The van der Waals surface area contributed by atoms with E-state index in [1.165, 1.54) is 6.92 Å². The second kappa shape index (κ2) is 7.49. The van der Waals surface area contributed by atoms with Gasteiger partial charge in [-0.2, -0.15) is 0 Å². The molecule has 0 radical (unpaired) electrons. The summed E-state index contributed by atoms with van der Waals surface area (Å²) in [7, 11) is 0. The average molecular weight is 320 g/mol. The number of aliphatic hydroxyl groups excluding tert-OH is 3. The molecule has 1 heterocycles. The lowest BCUT2D eigenvalue weighted by Crippen LogP contribution is -2.63. The monoisotopic (exact) mass is 320 g/mol. The standard InChI is InChI=1S/C12H20N2O8/c1-4-8(9(17)10(18)12(21)22-4)14-7(16)3-6(11(19)20)13-5(2)15/h4,6,8-10,12,17-18,21H,3H2,1-2H3,(H,13,15)(H,14,16)(H,19,20)/t4-,6+,8-,9+,10-,12-/m1/s1. The third-order valence-electron chi connectivity index (χ3n) is 3.26. The van der Waals surface area contributed by atoms with Gasteiger partial charge in [-0.05, 0) is 6.92 Å². The Balaban J connectivity index is 2.66. The Morgan fingerprint density at radius 1 is 1.18 bits per heavy atom. The summed E-state index contributed by atoms with van der Waals surface area (Å²) in [6, 6.07) is -2.44. The molecule has 0 bridgehead atoms. The molecular weight excluding hydrogens is 300 g/mol. The number of carbonyl (C=O) groups excluding carboxylic acids is 2. The first-order chi connectivity index (χ1) is 10.1. The van der Waals surface area contributed by atoms with Crippen molar-refractivity contribution in [3.05, 3.63) is 0 Å². The van der Waals surface area contributed by atoms with Crippen LogP contribution in [0.1, 0.15) is 20.3 Å². The quantitative estimate of drug-likeness (QED) is 0.310. The van der Waals surface area contributed by atoms with Gasteiger partial charge in [0.15, 0.2) is 6.29 Å². The van der Waals surface area contributed by atoms with Crippen LogP contribution in [-0.4, -0.2) is 74.9 Å². The first-order valence-electron chi connectivity index (χ1n) is 6.62. The summed E-state index contributed by atoms with van der Waals surface area (Å²) in [4.78, 5) is 33.7. The van der Waals surface area contributed by atoms with E-state index in [1.807, 2.05) is 0 Å². The Labute approximate surface area is 126 Å². The predicted molar refractivity (Wildman–Crippen MR) is 70.4 cm³/mol. The number of ether oxygens (including phenoxy) is 1. The van der Waals surface area contributed by atoms with E-state index in [2.05, 4.69) is 10.6 Å². The Hall–Kier alpha value is -1.75. The third kappa shape index (κ3) is 4.63. The first kappa shape index (κ1) is 18.3. The van der Waals surface area contributed by atoms with E-state index in [9.17, 15) is 29.7 Å². The van der Waals surface area contributed by atoms with E-state index >= 15 is 0 Å². The highest BCUT2D eigenvalue weighted by atomic mass is 16.6. The molecule has 22 heavy (non-hydrogen) atoms. The van der Waals surface area contributed by atoms with Crippen LogP contribution in [0.15, 0.2) is 0 Å². The molecule has 6 N–H and O–H groups in total. The molecule has 1 rings (SSSR count). The molecule has 1 saturated heterocycles. The van der Waals surface area contributed by atoms with Crippen molar-refractivity contribution in [3.63, 3.8) is 0 Å². The summed E-state index contributed by atoms with van der Waals surface area (Å²) in [5.41, 5.74) is 0. The summed E-state index contributed by atoms with van der Waals surface area (Å²) in [6.07, 6.45) is -6.02. The lowest BCUT2D eigenvalue weighted by molar-refractivity contribution is -0.253. The van der Waals surface area contributed by atoms with Gasteiger partial charge in [-0.1, -0.05) is 0 Å². The number of nitrogens with one attached hydrogen (secondary N) is 2. The number of hydrogen-bond donors (Lipinski definition) is 6. The summed E-state index contributed by atoms with van der Waals surface area (Å²) < 4.78 is 4.94. The molecular formula is C12H20N2O8. The van der Waals surface area contributed by atoms with Gasteiger partial charge in [-0.3, -0.25) is 9.59 Å². The van der Waals surface area contributed by atoms with Crippen molar-refractivity contribution in [2.24, 2.45) is 0 Å². The molecule has 10 heteroatoms. The van der Waals surface area contributed by atoms with E-state index in [-0.39, 0.29) is 0 Å². The van der Waals surface area contributed by atoms with Crippen LogP contribution >= 0.6 is 0 Å². The van der Waals surface area contributed by atoms with Crippen LogP contribution in [0.2, 0.25) is 0 Å². The van der Waals surface area contributed by atoms with E-state index in [1.54, 1.807) is 0 Å². The van der Waals surface area contributed by atoms with E-state index in [0.717, 1.165) is 6.92 Å². The van der Waals surface area contributed by atoms with Crippen molar-refractivity contribution >= 4 is 17.8 Å². The average Bonchev–Trinajstić information content (AvgIpc) is 2.40. The number of rotatable bonds is 5. The zero-order chi connectivity index (χ0) is 17.0. The van der Waals surface area contributed by atoms with Crippen molar-refractivity contribution in [2.45, 2.75) is 57.0 Å². The van der Waals surface area contributed by atoms with Crippen LogP contribution in [0.5, 0.6) is 0 Å². The smallest absolute Gasteiger partial charge is 0.326 e. The number of amides is 2. The molecule has 1 fully saturated rings. The highest BCUT2D eigenvalue weighted by molar-refractivity contribution is 5.88. The van der Waals surface area contributed by atoms with Gasteiger partial charge in [0.25, 0.3) is 0 Å². The highest BCUT2D eigenvalue weighted by Crippen LogP contribution is 2.19. The zero-order valence-electron chi connectivity index (χ0n) is 12.1. The summed E-state index contributed by atoms with van der Waals surface area (Å²) in [6.45, 7) is 2.58. The highest BCUT2D eigenvalue weighted by Gasteiger charge is 2.42. The maximum atomic E-state index is 11.9. The minimum absolute atomic E-state index is 0.552. The molecule has 6 atom stereocenters. The molecule has 1 aliphatic heterocycles. The number of hydrogen-bond acceptors (Lipinski definition) is 7. The van der Waals surface area contributed by atoms with Gasteiger partial charge in [-0.15, -0.1) is 0 Å². The molecule has 2 amide bonds. The maximum Gasteiger partial charge on any atom is 0.326 e. The summed E-state index contributed by atoms with van der Waals surface area (Å²) in [5.74, 6) is -2.74. The largest absolute Gasteiger partial charge is 0.480 e. The lowest BCUT2D eigenvalue weighted by atomic mass is 9.96. The van der Waals surface area contributed by atoms with E-state index in [0.29, 0.717) is 0 Å². The predicted octanol–water partition coefficient (Wildman–Crippen LogP) is -3.09. The minimum atomic E-state index is -1.60. The molecule has 0 aliphatic carbocycles. The van der Waals surface area contributed by atoms with Crippen LogP contribution in [0, 0.1) is 0 Å². The SMILES string of the molecule is CC(=O)N[C@@H](CC(=O)N[C@H]1[C@H](O)[C@@H](O)[C@H](O)O[C@@H]1C)C(=O)O. The van der Waals surface area contributed by atoms with Crippen molar-refractivity contribution in [3.8, 4) is 0 Å². The fraction of sp³-hybridized carbons (Fsp3) is 0.750. The van der Waals surface area contributed by atoms with Gasteiger partial charge < -0.3 is 35.8 Å². The van der Waals surface area contributed by atoms with Gasteiger partial charge in [0.1, 0.15) is 18.2 Å². The molecule has 10 nitrogen and oxygen atoms in total. The molecule has 0 aromatic carbocycles. The Morgan fingerprint density at radius 3 is 2.27 bits per heavy atom. The van der Waals surface area contributed by atoms with Gasteiger partial charge >= 0.3 is 5.97 Å². The molecule has 0 aromatic heterocycles. The number of aliphatic hydroxyl groups is 3. The van der Waals surface area contributed by atoms with Crippen LogP contribution in [0.3, 0.4) is 0 Å². The molecule has 126 valence electrons. The summed E-state index contributed by atoms with van der Waals surface area (Å²) in [5, 5.41) is 42.0. The van der Waals surface area contributed by atoms with Crippen molar-refractivity contribution < 1.29 is 39.5 Å². The lowest BCUT2D eigenvalue weighted by Gasteiger charge is -2.39. The molecule has 0 saturated carbocycles. The van der Waals surface area contributed by atoms with Crippen molar-refractivity contribution in [1.29, 1.82) is 0 Å². The maximum absolute atomic E-state index is 11.9. The third-order valence-corrected chi connectivity index (χ3v) is 3.26. The topological polar surface area (TPSA) is 165 Å². The van der Waals surface area contributed by atoms with Crippen LogP contribution in [0.4, 0.5) is 0 Å². The molecule has 1 aliphatic rings. The number of carboxylic acids is 1. The van der Waals surface area contributed by atoms with Crippen molar-refractivity contribution in [1.82, 2.24) is 10.6 Å². The van der Waals surface area contributed by atoms with Crippen molar-refractivity contribution in [2.75, 3.05) is 0 Å². The molecule has 0 unspecified atom stereocenters. The molecule has 0 spiro atoms. The van der Waals surface area contributed by atoms with Crippen LogP contribution < -0.4 is 10.6 Å². The second-order valence-corrected chi connectivity index (χ2v) is 5.10. The van der Waals surface area contributed by atoms with Gasteiger partial charge in [0.2, 0.25) is 11.8 Å². The first-order valence-corrected chi connectivity index (χ1v) is 6.62.